The number of carbonyl (C=O) groups excluding carboxylic acids is 2. The lowest BCUT2D eigenvalue weighted by molar-refractivity contribution is -0.144. The van der Waals surface area contributed by atoms with Crippen molar-refractivity contribution in [3.63, 3.8) is 0 Å². The second-order valence-corrected chi connectivity index (χ2v) is 6.80. The van der Waals surface area contributed by atoms with E-state index in [9.17, 15) is 9.59 Å². The fourth-order valence-corrected chi connectivity index (χ4v) is 3.45. The van der Waals surface area contributed by atoms with Crippen LogP contribution in [0.25, 0.3) is 0 Å². The maximum Gasteiger partial charge on any atom is 0.307 e. The standard InChI is InChI=1S/C19H31N3O3/c1-2-25-19(24)9-13-22(12-6-11-21-14-10-20-16-21)18(23)15-17-7-4-3-5-8-17/h10,14,16-17H,2-9,11-13,15H2,1H3. The molecule has 1 heterocycles. The Kier molecular flexibility index (Phi) is 8.49. The molecule has 1 aliphatic rings. The van der Waals surface area contributed by atoms with E-state index in [-0.39, 0.29) is 18.3 Å². The van der Waals surface area contributed by atoms with E-state index in [1.165, 1.54) is 19.3 Å². The molecule has 1 fully saturated rings. The van der Waals surface area contributed by atoms with Crippen molar-refractivity contribution in [3.05, 3.63) is 18.7 Å². The van der Waals surface area contributed by atoms with Crippen molar-refractivity contribution in [1.82, 2.24) is 14.5 Å². The number of hydrogen-bond acceptors (Lipinski definition) is 4. The van der Waals surface area contributed by atoms with Gasteiger partial charge in [0, 0.05) is 38.4 Å². The molecule has 6 nitrogen and oxygen atoms in total. The summed E-state index contributed by atoms with van der Waals surface area (Å²) in [6.45, 7) is 4.13. The summed E-state index contributed by atoms with van der Waals surface area (Å²) < 4.78 is 7.01. The van der Waals surface area contributed by atoms with Gasteiger partial charge in [0.2, 0.25) is 5.91 Å². The summed E-state index contributed by atoms with van der Waals surface area (Å²) >= 11 is 0. The number of rotatable bonds is 10. The van der Waals surface area contributed by atoms with Crippen LogP contribution in [0.5, 0.6) is 0 Å². The van der Waals surface area contributed by atoms with Gasteiger partial charge < -0.3 is 14.2 Å². The minimum Gasteiger partial charge on any atom is -0.466 e. The largest absolute Gasteiger partial charge is 0.466 e. The topological polar surface area (TPSA) is 64.4 Å². The molecule has 1 saturated carbocycles. The molecule has 1 aliphatic carbocycles. The van der Waals surface area contributed by atoms with Gasteiger partial charge in [0.15, 0.2) is 0 Å². The van der Waals surface area contributed by atoms with Crippen molar-refractivity contribution in [2.24, 2.45) is 5.92 Å². The van der Waals surface area contributed by atoms with Gasteiger partial charge in [0.05, 0.1) is 19.4 Å². The van der Waals surface area contributed by atoms with Gasteiger partial charge in [-0.25, -0.2) is 4.98 Å². The van der Waals surface area contributed by atoms with E-state index in [0.717, 1.165) is 25.8 Å². The van der Waals surface area contributed by atoms with Crippen LogP contribution in [0.2, 0.25) is 0 Å². The summed E-state index contributed by atoms with van der Waals surface area (Å²) in [4.78, 5) is 30.3. The van der Waals surface area contributed by atoms with Gasteiger partial charge in [-0.2, -0.15) is 0 Å². The van der Waals surface area contributed by atoms with Crippen LogP contribution < -0.4 is 0 Å². The Morgan fingerprint density at radius 2 is 2.04 bits per heavy atom. The minimum absolute atomic E-state index is 0.182. The zero-order valence-electron chi connectivity index (χ0n) is 15.4. The van der Waals surface area contributed by atoms with Crippen LogP contribution in [-0.2, 0) is 20.9 Å². The van der Waals surface area contributed by atoms with Crippen LogP contribution in [0.3, 0.4) is 0 Å². The van der Waals surface area contributed by atoms with Gasteiger partial charge in [-0.15, -0.1) is 0 Å². The van der Waals surface area contributed by atoms with Crippen molar-refractivity contribution < 1.29 is 14.3 Å². The van der Waals surface area contributed by atoms with Gasteiger partial charge in [0.1, 0.15) is 0 Å². The third kappa shape index (κ3) is 7.28. The first-order chi connectivity index (χ1) is 12.2. The molecule has 0 aliphatic heterocycles. The second kappa shape index (κ2) is 10.9. The zero-order chi connectivity index (χ0) is 17.9. The van der Waals surface area contributed by atoms with E-state index in [1.54, 1.807) is 19.4 Å². The van der Waals surface area contributed by atoms with Crippen LogP contribution >= 0.6 is 0 Å². The smallest absolute Gasteiger partial charge is 0.307 e. The number of amides is 1. The van der Waals surface area contributed by atoms with Gasteiger partial charge in [-0.05, 0) is 32.1 Å². The second-order valence-electron chi connectivity index (χ2n) is 6.80. The Morgan fingerprint density at radius 3 is 2.72 bits per heavy atom. The molecule has 0 saturated heterocycles. The third-order valence-electron chi connectivity index (χ3n) is 4.84. The van der Waals surface area contributed by atoms with E-state index in [2.05, 4.69) is 4.98 Å². The Labute approximate surface area is 150 Å². The minimum atomic E-state index is -0.229. The molecular formula is C19H31N3O3. The highest BCUT2D eigenvalue weighted by Crippen LogP contribution is 2.26. The lowest BCUT2D eigenvalue weighted by atomic mass is 9.86. The number of esters is 1. The molecule has 0 radical (unpaired) electrons. The van der Waals surface area contributed by atoms with Crippen LogP contribution in [0.1, 0.15) is 58.3 Å². The first kappa shape index (κ1) is 19.5. The molecule has 0 aromatic carbocycles. The average molecular weight is 349 g/mol. The lowest BCUT2D eigenvalue weighted by Gasteiger charge is -2.27. The highest BCUT2D eigenvalue weighted by molar-refractivity contribution is 5.77. The molecule has 0 atom stereocenters. The summed E-state index contributed by atoms with van der Waals surface area (Å²) in [5.41, 5.74) is 0. The van der Waals surface area contributed by atoms with Gasteiger partial charge >= 0.3 is 5.97 Å². The predicted octanol–water partition coefficient (Wildman–Crippen LogP) is 3.03. The number of aromatic nitrogens is 2. The quantitative estimate of drug-likeness (QED) is 0.609. The number of imidazole rings is 1. The summed E-state index contributed by atoms with van der Waals surface area (Å²) in [5.74, 6) is 0.467. The van der Waals surface area contributed by atoms with Crippen molar-refractivity contribution in [3.8, 4) is 0 Å². The van der Waals surface area contributed by atoms with E-state index in [0.29, 0.717) is 32.0 Å². The monoisotopic (exact) mass is 349 g/mol. The third-order valence-corrected chi connectivity index (χ3v) is 4.84. The number of ether oxygens (including phenoxy) is 1. The van der Waals surface area contributed by atoms with Gasteiger partial charge in [0.25, 0.3) is 0 Å². The number of aryl methyl sites for hydroxylation is 1. The summed E-state index contributed by atoms with van der Waals surface area (Å²) in [6.07, 6.45) is 13.3. The average Bonchev–Trinajstić information content (AvgIpc) is 3.12. The summed E-state index contributed by atoms with van der Waals surface area (Å²) in [6, 6.07) is 0. The molecule has 1 aromatic rings. The number of nitrogens with zero attached hydrogens (tertiary/aromatic N) is 3. The Morgan fingerprint density at radius 1 is 1.24 bits per heavy atom. The van der Waals surface area contributed by atoms with E-state index in [4.69, 9.17) is 4.74 Å². The van der Waals surface area contributed by atoms with E-state index >= 15 is 0 Å². The first-order valence-corrected chi connectivity index (χ1v) is 9.58. The molecule has 25 heavy (non-hydrogen) atoms. The van der Waals surface area contributed by atoms with E-state index < -0.39 is 0 Å². The van der Waals surface area contributed by atoms with Crippen LogP contribution in [0.15, 0.2) is 18.7 Å². The highest BCUT2D eigenvalue weighted by Gasteiger charge is 2.21. The van der Waals surface area contributed by atoms with Crippen molar-refractivity contribution in [2.45, 2.75) is 64.8 Å². The van der Waals surface area contributed by atoms with Crippen LogP contribution in [0, 0.1) is 5.92 Å². The maximum absolute atomic E-state index is 12.7. The molecule has 0 spiro atoms. The zero-order valence-corrected chi connectivity index (χ0v) is 15.4. The number of carbonyl (C=O) groups is 2. The molecule has 6 heteroatoms. The number of hydrogen-bond donors (Lipinski definition) is 0. The summed E-state index contributed by atoms with van der Waals surface area (Å²) in [7, 11) is 0. The van der Waals surface area contributed by atoms with Gasteiger partial charge in [-0.3, -0.25) is 9.59 Å². The molecule has 0 N–H and O–H groups in total. The van der Waals surface area contributed by atoms with Crippen molar-refractivity contribution in [1.29, 1.82) is 0 Å². The van der Waals surface area contributed by atoms with E-state index in [1.807, 2.05) is 15.7 Å². The SMILES string of the molecule is CCOC(=O)CCN(CCCn1ccnc1)C(=O)CC1CCCCC1. The lowest BCUT2D eigenvalue weighted by Crippen LogP contribution is -2.36. The molecule has 1 aromatic heterocycles. The fraction of sp³-hybridized carbons (Fsp3) is 0.737. The maximum atomic E-state index is 12.7. The molecule has 0 bridgehead atoms. The van der Waals surface area contributed by atoms with Gasteiger partial charge in [-0.1, -0.05) is 19.3 Å². The molecule has 1 amide bonds. The Bertz CT molecular complexity index is 510. The Balaban J connectivity index is 1.82. The van der Waals surface area contributed by atoms with Crippen molar-refractivity contribution >= 4 is 11.9 Å². The predicted molar refractivity (Wildman–Crippen MR) is 95.9 cm³/mol. The summed E-state index contributed by atoms with van der Waals surface area (Å²) in [5, 5.41) is 0. The molecule has 0 unspecified atom stereocenters. The normalized spacial score (nSPS) is 15.1. The molecule has 140 valence electrons. The highest BCUT2D eigenvalue weighted by atomic mass is 16.5. The van der Waals surface area contributed by atoms with Crippen LogP contribution in [-0.4, -0.2) is 46.0 Å². The van der Waals surface area contributed by atoms with Crippen molar-refractivity contribution in [2.75, 3.05) is 19.7 Å². The molecular weight excluding hydrogens is 318 g/mol. The molecule has 2 rings (SSSR count). The Hall–Kier alpha value is -1.85. The van der Waals surface area contributed by atoms with Crippen LogP contribution in [0.4, 0.5) is 0 Å². The fourth-order valence-electron chi connectivity index (χ4n) is 3.45. The first-order valence-electron chi connectivity index (χ1n) is 9.58.